The summed E-state index contributed by atoms with van der Waals surface area (Å²) < 4.78 is 0.149. The molecule has 0 aliphatic rings. The Kier molecular flexibility index (Phi) is 18.2. The van der Waals surface area contributed by atoms with Gasteiger partial charge in [0.25, 0.3) is 0 Å². The Labute approximate surface area is 168 Å². The molecule has 2 N–H and O–H groups in total. The molecule has 0 saturated heterocycles. The minimum Gasteiger partial charge on any atom is -0.390 e. The number of allylic oxidation sites excluding steroid dienone is 2. The minimum absolute atomic E-state index is 0.0192. The van der Waals surface area contributed by atoms with Crippen LogP contribution < -0.4 is 0 Å². The van der Waals surface area contributed by atoms with Crippen molar-refractivity contribution in [2.45, 2.75) is 96.8 Å². The van der Waals surface area contributed by atoms with Crippen molar-refractivity contribution in [2.24, 2.45) is 0 Å². The highest BCUT2D eigenvalue weighted by Gasteiger charge is 2.29. The highest BCUT2D eigenvalue weighted by atomic mass is 16.3. The molecule has 0 atom stereocenters. The van der Waals surface area contributed by atoms with Crippen LogP contribution in [-0.2, 0) is 4.79 Å². The first-order valence-electron chi connectivity index (χ1n) is 11.4. The molecule has 0 rings (SSSR count). The van der Waals surface area contributed by atoms with E-state index in [0.717, 1.165) is 12.8 Å². The summed E-state index contributed by atoms with van der Waals surface area (Å²) in [5.74, 6) is 0.135. The molecule has 0 spiro atoms. The van der Waals surface area contributed by atoms with Crippen molar-refractivity contribution in [1.82, 2.24) is 0 Å². The summed E-state index contributed by atoms with van der Waals surface area (Å²) in [6, 6.07) is 0. The van der Waals surface area contributed by atoms with Crippen LogP contribution in [0.4, 0.5) is 0 Å². The van der Waals surface area contributed by atoms with Crippen LogP contribution in [0.5, 0.6) is 0 Å². The molecule has 0 saturated carbocycles. The van der Waals surface area contributed by atoms with Gasteiger partial charge in [0.05, 0.1) is 26.7 Å². The number of rotatable bonds is 19. The second kappa shape index (κ2) is 18.6. The van der Waals surface area contributed by atoms with Crippen LogP contribution in [0.3, 0.4) is 0 Å². The lowest BCUT2D eigenvalue weighted by atomic mass is 10.1. The third kappa shape index (κ3) is 15.0. The molecule has 0 fully saturated rings. The maximum absolute atomic E-state index is 12.3. The Balaban J connectivity index is 3.53. The number of amides is 1. The second-order valence-electron chi connectivity index (χ2n) is 8.02. The van der Waals surface area contributed by atoms with Crippen molar-refractivity contribution in [3.05, 3.63) is 12.2 Å². The topological polar surface area (TPSA) is 57.5 Å². The molecule has 0 radical (unpaired) electrons. The third-order valence-electron chi connectivity index (χ3n) is 5.44. The van der Waals surface area contributed by atoms with E-state index in [1.54, 1.807) is 0 Å². The lowest BCUT2D eigenvalue weighted by Gasteiger charge is -2.30. The van der Waals surface area contributed by atoms with Crippen LogP contribution in [0.25, 0.3) is 0 Å². The fourth-order valence-corrected chi connectivity index (χ4v) is 3.42. The van der Waals surface area contributed by atoms with Crippen molar-refractivity contribution in [3.63, 3.8) is 0 Å². The van der Waals surface area contributed by atoms with E-state index in [9.17, 15) is 4.79 Å². The zero-order chi connectivity index (χ0) is 20.2. The first-order chi connectivity index (χ1) is 13.1. The van der Waals surface area contributed by atoms with Crippen LogP contribution in [-0.4, -0.2) is 54.0 Å². The fourth-order valence-electron chi connectivity index (χ4n) is 3.42. The molecule has 0 heterocycles. The normalized spacial score (nSPS) is 12.1. The van der Waals surface area contributed by atoms with E-state index in [-0.39, 0.29) is 23.6 Å². The van der Waals surface area contributed by atoms with E-state index < -0.39 is 0 Å². The maximum atomic E-state index is 12.3. The Morgan fingerprint density at radius 1 is 0.741 bits per heavy atom. The van der Waals surface area contributed by atoms with Crippen LogP contribution in [0, 0.1) is 0 Å². The molecule has 0 aromatic rings. The molecule has 27 heavy (non-hydrogen) atoms. The number of aliphatic hydroxyl groups excluding tert-OH is 2. The van der Waals surface area contributed by atoms with Crippen molar-refractivity contribution in [1.29, 1.82) is 0 Å². The largest absolute Gasteiger partial charge is 0.390 e. The number of hydrogen-bond donors (Lipinski definition) is 2. The van der Waals surface area contributed by atoms with E-state index in [4.69, 9.17) is 10.2 Å². The summed E-state index contributed by atoms with van der Waals surface area (Å²) in [7, 11) is 1.81. The Bertz CT molecular complexity index is 363. The van der Waals surface area contributed by atoms with Gasteiger partial charge in [-0.15, -0.1) is 0 Å². The summed E-state index contributed by atoms with van der Waals surface area (Å²) in [6.45, 7) is 3.01. The van der Waals surface area contributed by atoms with E-state index in [1.807, 2.05) is 7.05 Å². The number of carbonyl (C=O) groups excluding carboxylic acids is 1. The molecule has 0 aromatic heterocycles. The van der Waals surface area contributed by atoms with Gasteiger partial charge in [-0.05, 0) is 32.1 Å². The van der Waals surface area contributed by atoms with Crippen LogP contribution in [0.1, 0.15) is 96.8 Å². The maximum Gasteiger partial charge on any atom is 0.313 e. The van der Waals surface area contributed by atoms with Gasteiger partial charge in [-0.25, -0.2) is 4.79 Å². The van der Waals surface area contributed by atoms with E-state index in [2.05, 4.69) is 19.1 Å². The van der Waals surface area contributed by atoms with Gasteiger partial charge in [-0.2, -0.15) is 0 Å². The van der Waals surface area contributed by atoms with Crippen molar-refractivity contribution < 1.29 is 19.5 Å². The zero-order valence-corrected chi connectivity index (χ0v) is 18.1. The third-order valence-corrected chi connectivity index (χ3v) is 5.44. The molecule has 4 nitrogen and oxygen atoms in total. The molecule has 4 heteroatoms. The Hall–Kier alpha value is -0.710. The number of likely N-dealkylation sites (N-methyl/N-ethyl adjacent to an activating group) is 1. The highest BCUT2D eigenvalue weighted by molar-refractivity contribution is 5.68. The number of unbranched alkanes of at least 4 members (excludes halogenated alkanes) is 11. The molecule has 0 unspecified atom stereocenters. The van der Waals surface area contributed by atoms with Gasteiger partial charge in [0, 0.05) is 0 Å². The predicted octanol–water partition coefficient (Wildman–Crippen LogP) is 4.98. The van der Waals surface area contributed by atoms with E-state index >= 15 is 0 Å². The SMILES string of the molecule is CCCCCCCC/C=C/CCCCCCCC(=O)[N+](C)(CCO)CCO. The monoisotopic (exact) mass is 384 g/mol. The van der Waals surface area contributed by atoms with E-state index in [1.165, 1.54) is 70.6 Å². The number of aliphatic hydroxyl groups is 2. The molecule has 0 aliphatic carbocycles. The molecular weight excluding hydrogens is 338 g/mol. The minimum atomic E-state index is -0.0192. The van der Waals surface area contributed by atoms with E-state index in [0.29, 0.717) is 19.5 Å². The first kappa shape index (κ1) is 26.3. The smallest absolute Gasteiger partial charge is 0.313 e. The average Bonchev–Trinajstić information content (AvgIpc) is 2.65. The summed E-state index contributed by atoms with van der Waals surface area (Å²) in [4.78, 5) is 12.3. The molecule has 0 aliphatic heterocycles. The molecule has 0 bridgehead atoms. The van der Waals surface area contributed by atoms with Crippen LogP contribution >= 0.6 is 0 Å². The van der Waals surface area contributed by atoms with Crippen molar-refractivity contribution in [3.8, 4) is 0 Å². The van der Waals surface area contributed by atoms with Gasteiger partial charge < -0.3 is 10.2 Å². The summed E-state index contributed by atoms with van der Waals surface area (Å²) in [5.41, 5.74) is 0. The lowest BCUT2D eigenvalue weighted by molar-refractivity contribution is -0.835. The van der Waals surface area contributed by atoms with Crippen LogP contribution in [0.2, 0.25) is 0 Å². The quantitative estimate of drug-likeness (QED) is 0.187. The van der Waals surface area contributed by atoms with Gasteiger partial charge in [-0.3, -0.25) is 4.48 Å². The zero-order valence-electron chi connectivity index (χ0n) is 18.1. The van der Waals surface area contributed by atoms with Crippen LogP contribution in [0.15, 0.2) is 12.2 Å². The predicted molar refractivity (Wildman–Crippen MR) is 115 cm³/mol. The second-order valence-corrected chi connectivity index (χ2v) is 8.02. The van der Waals surface area contributed by atoms with Gasteiger partial charge in [0.1, 0.15) is 13.1 Å². The average molecular weight is 385 g/mol. The number of quaternary nitrogens is 1. The number of hydrogen-bond acceptors (Lipinski definition) is 3. The molecule has 1 amide bonds. The van der Waals surface area contributed by atoms with Crippen molar-refractivity contribution >= 4 is 5.91 Å². The fraction of sp³-hybridized carbons (Fsp3) is 0.870. The Morgan fingerprint density at radius 3 is 1.67 bits per heavy atom. The number of nitrogens with zero attached hydrogens (tertiary/aromatic N) is 1. The molecular formula is C23H46NO3+. The summed E-state index contributed by atoms with van der Waals surface area (Å²) in [6.07, 6.45) is 21.5. The van der Waals surface area contributed by atoms with Gasteiger partial charge in [-0.1, -0.05) is 70.4 Å². The Morgan fingerprint density at radius 2 is 1.19 bits per heavy atom. The standard InChI is InChI=1S/C23H46NO3/c1-3-4-5-6-7-8-9-10-11-12-13-14-15-16-17-18-23(27)24(2,19-21-25)20-22-26/h10-11,25-26H,3-9,12-22H2,1-2H3/q+1/b11-10+. The van der Waals surface area contributed by atoms with Gasteiger partial charge >= 0.3 is 5.91 Å². The van der Waals surface area contributed by atoms with Gasteiger partial charge in [0.2, 0.25) is 0 Å². The summed E-state index contributed by atoms with van der Waals surface area (Å²) >= 11 is 0. The van der Waals surface area contributed by atoms with Gasteiger partial charge in [0.15, 0.2) is 0 Å². The molecule has 160 valence electrons. The lowest BCUT2D eigenvalue weighted by Crippen LogP contribution is -2.52. The highest BCUT2D eigenvalue weighted by Crippen LogP contribution is 2.13. The number of carbonyl (C=O) groups is 1. The van der Waals surface area contributed by atoms with Crippen molar-refractivity contribution in [2.75, 3.05) is 33.4 Å². The molecule has 0 aromatic carbocycles. The first-order valence-corrected chi connectivity index (χ1v) is 11.4. The summed E-state index contributed by atoms with van der Waals surface area (Å²) in [5, 5.41) is 18.3.